The van der Waals surface area contributed by atoms with E-state index >= 15 is 0 Å². The van der Waals surface area contributed by atoms with Gasteiger partial charge in [0, 0.05) is 11.3 Å². The Kier molecular flexibility index (Phi) is 3.47. The van der Waals surface area contributed by atoms with Crippen LogP contribution in [-0.2, 0) is 4.79 Å². The molecule has 92 valence electrons. The standard InChI is InChI=1S/C12H15NO3S/c1-7(2)17-12-11(14)13-9-5-4-8(15-3)6-10(9)16-12/h4-7,12H,1-3H3,(H,13,14). The SMILES string of the molecule is COc1ccc2c(c1)OC(SC(C)C)C(=O)N2. The van der Waals surface area contributed by atoms with Gasteiger partial charge in [0.05, 0.1) is 12.8 Å². The van der Waals surface area contributed by atoms with Gasteiger partial charge in [-0.25, -0.2) is 0 Å². The summed E-state index contributed by atoms with van der Waals surface area (Å²) in [5.74, 6) is 1.26. The van der Waals surface area contributed by atoms with Crippen molar-refractivity contribution in [2.45, 2.75) is 24.5 Å². The lowest BCUT2D eigenvalue weighted by molar-refractivity contribution is -0.120. The van der Waals surface area contributed by atoms with E-state index in [1.165, 1.54) is 11.8 Å². The number of amides is 1. The summed E-state index contributed by atoms with van der Waals surface area (Å²) in [6, 6.07) is 5.35. The van der Waals surface area contributed by atoms with Gasteiger partial charge >= 0.3 is 0 Å². The van der Waals surface area contributed by atoms with E-state index in [0.717, 1.165) is 0 Å². The molecule has 1 aromatic rings. The molecule has 0 radical (unpaired) electrons. The van der Waals surface area contributed by atoms with E-state index in [-0.39, 0.29) is 5.91 Å². The number of carbonyl (C=O) groups excluding carboxylic acids is 1. The number of hydrogen-bond donors (Lipinski definition) is 1. The Bertz CT molecular complexity index is 434. The first kappa shape index (κ1) is 12.1. The molecule has 1 aromatic carbocycles. The number of hydrogen-bond acceptors (Lipinski definition) is 4. The molecule has 1 amide bonds. The van der Waals surface area contributed by atoms with Crippen LogP contribution in [0.5, 0.6) is 11.5 Å². The maximum absolute atomic E-state index is 11.8. The van der Waals surface area contributed by atoms with E-state index in [4.69, 9.17) is 9.47 Å². The Morgan fingerprint density at radius 1 is 1.47 bits per heavy atom. The van der Waals surface area contributed by atoms with Crippen LogP contribution in [0, 0.1) is 0 Å². The smallest absolute Gasteiger partial charge is 0.276 e. The zero-order valence-corrected chi connectivity index (χ0v) is 10.8. The number of rotatable bonds is 3. The maximum atomic E-state index is 11.8. The summed E-state index contributed by atoms with van der Waals surface area (Å²) in [4.78, 5) is 11.8. The van der Waals surface area contributed by atoms with Crippen LogP contribution in [0.2, 0.25) is 0 Å². The summed E-state index contributed by atoms with van der Waals surface area (Å²) in [7, 11) is 1.60. The van der Waals surface area contributed by atoms with Crippen molar-refractivity contribution in [1.82, 2.24) is 0 Å². The van der Waals surface area contributed by atoms with E-state index in [0.29, 0.717) is 22.4 Å². The number of anilines is 1. The summed E-state index contributed by atoms with van der Waals surface area (Å²) in [5.41, 5.74) is 0.200. The topological polar surface area (TPSA) is 47.6 Å². The van der Waals surface area contributed by atoms with Crippen LogP contribution < -0.4 is 14.8 Å². The second kappa shape index (κ2) is 4.87. The highest BCUT2D eigenvalue weighted by molar-refractivity contribution is 8.01. The van der Waals surface area contributed by atoms with Crippen LogP contribution in [0.3, 0.4) is 0 Å². The molecule has 0 saturated carbocycles. The summed E-state index contributed by atoms with van der Waals surface area (Å²) in [5, 5.41) is 3.16. The molecule has 1 atom stereocenters. The quantitative estimate of drug-likeness (QED) is 0.899. The van der Waals surface area contributed by atoms with Crippen molar-refractivity contribution in [2.24, 2.45) is 0 Å². The fourth-order valence-electron chi connectivity index (χ4n) is 1.53. The number of benzene rings is 1. The molecule has 17 heavy (non-hydrogen) atoms. The fraction of sp³-hybridized carbons (Fsp3) is 0.417. The molecule has 2 rings (SSSR count). The second-order valence-corrected chi connectivity index (χ2v) is 5.63. The average molecular weight is 253 g/mol. The van der Waals surface area contributed by atoms with Crippen LogP contribution in [0.1, 0.15) is 13.8 Å². The average Bonchev–Trinajstić information content (AvgIpc) is 2.29. The van der Waals surface area contributed by atoms with Gasteiger partial charge in [-0.2, -0.15) is 0 Å². The molecule has 1 N–H and O–H groups in total. The largest absolute Gasteiger partial charge is 0.497 e. The zero-order valence-electron chi connectivity index (χ0n) is 10.0. The number of carbonyl (C=O) groups is 1. The van der Waals surface area contributed by atoms with Gasteiger partial charge in [-0.15, -0.1) is 11.8 Å². The van der Waals surface area contributed by atoms with Crippen molar-refractivity contribution in [3.63, 3.8) is 0 Å². The van der Waals surface area contributed by atoms with Crippen LogP contribution in [-0.4, -0.2) is 23.7 Å². The molecule has 0 aromatic heterocycles. The summed E-state index contributed by atoms with van der Waals surface area (Å²) < 4.78 is 10.8. The first-order chi connectivity index (χ1) is 8.10. The maximum Gasteiger partial charge on any atom is 0.276 e. The predicted molar refractivity (Wildman–Crippen MR) is 68.8 cm³/mol. The van der Waals surface area contributed by atoms with Crippen molar-refractivity contribution >= 4 is 23.4 Å². The van der Waals surface area contributed by atoms with E-state index in [1.807, 2.05) is 13.8 Å². The third-order valence-corrected chi connectivity index (χ3v) is 3.39. The monoisotopic (exact) mass is 253 g/mol. The van der Waals surface area contributed by atoms with Gasteiger partial charge in [-0.05, 0) is 12.1 Å². The molecule has 0 spiro atoms. The van der Waals surface area contributed by atoms with E-state index < -0.39 is 5.44 Å². The molecule has 1 heterocycles. The van der Waals surface area contributed by atoms with E-state index in [1.54, 1.807) is 25.3 Å². The van der Waals surface area contributed by atoms with Gasteiger partial charge in [0.2, 0.25) is 5.44 Å². The third-order valence-electron chi connectivity index (χ3n) is 2.29. The molecule has 1 aliphatic rings. The van der Waals surface area contributed by atoms with Crippen molar-refractivity contribution < 1.29 is 14.3 Å². The second-order valence-electron chi connectivity index (χ2n) is 3.99. The van der Waals surface area contributed by atoms with Gasteiger partial charge < -0.3 is 14.8 Å². The molecule has 0 bridgehead atoms. The molecule has 0 aliphatic carbocycles. The number of thioether (sulfide) groups is 1. The highest BCUT2D eigenvalue weighted by atomic mass is 32.2. The number of methoxy groups -OCH3 is 1. The number of fused-ring (bicyclic) bond motifs is 1. The molecular formula is C12H15NO3S. The Hall–Kier alpha value is -1.36. The Morgan fingerprint density at radius 2 is 2.24 bits per heavy atom. The van der Waals surface area contributed by atoms with E-state index in [2.05, 4.69) is 5.32 Å². The summed E-state index contributed by atoms with van der Waals surface area (Å²) in [6.07, 6.45) is 0. The van der Waals surface area contributed by atoms with Gasteiger partial charge in [-0.3, -0.25) is 4.79 Å². The minimum absolute atomic E-state index is 0.110. The minimum Gasteiger partial charge on any atom is -0.497 e. The fourth-order valence-corrected chi connectivity index (χ4v) is 2.36. The molecule has 0 saturated heterocycles. The number of ether oxygens (including phenoxy) is 2. The van der Waals surface area contributed by atoms with Gasteiger partial charge in [0.1, 0.15) is 11.5 Å². The molecule has 4 nitrogen and oxygen atoms in total. The van der Waals surface area contributed by atoms with Crippen molar-refractivity contribution in [3.8, 4) is 11.5 Å². The lowest BCUT2D eigenvalue weighted by Gasteiger charge is -2.26. The molecule has 5 heteroatoms. The van der Waals surface area contributed by atoms with Crippen molar-refractivity contribution in [3.05, 3.63) is 18.2 Å². The normalized spacial score (nSPS) is 18.4. The highest BCUT2D eigenvalue weighted by Crippen LogP contribution is 2.36. The van der Waals surface area contributed by atoms with Crippen molar-refractivity contribution in [1.29, 1.82) is 0 Å². The Morgan fingerprint density at radius 3 is 2.88 bits per heavy atom. The molecule has 1 unspecified atom stereocenters. The first-order valence-electron chi connectivity index (χ1n) is 5.41. The predicted octanol–water partition coefficient (Wildman–Crippen LogP) is 2.49. The van der Waals surface area contributed by atoms with Gasteiger partial charge in [0.15, 0.2) is 0 Å². The van der Waals surface area contributed by atoms with Crippen LogP contribution in [0.25, 0.3) is 0 Å². The van der Waals surface area contributed by atoms with Gasteiger partial charge in [0.25, 0.3) is 5.91 Å². The number of nitrogens with one attached hydrogen (secondary N) is 1. The molecule has 1 aliphatic heterocycles. The summed E-state index contributed by atoms with van der Waals surface area (Å²) >= 11 is 1.49. The lowest BCUT2D eigenvalue weighted by Crippen LogP contribution is -2.35. The first-order valence-corrected chi connectivity index (χ1v) is 6.35. The third kappa shape index (κ3) is 2.66. The van der Waals surface area contributed by atoms with Crippen LogP contribution in [0.4, 0.5) is 5.69 Å². The minimum atomic E-state index is -0.491. The Balaban J connectivity index is 2.22. The van der Waals surface area contributed by atoms with Crippen LogP contribution >= 0.6 is 11.8 Å². The summed E-state index contributed by atoms with van der Waals surface area (Å²) in [6.45, 7) is 4.06. The Labute approximate surface area is 105 Å². The van der Waals surface area contributed by atoms with Gasteiger partial charge in [-0.1, -0.05) is 13.8 Å². The highest BCUT2D eigenvalue weighted by Gasteiger charge is 2.28. The van der Waals surface area contributed by atoms with E-state index in [9.17, 15) is 4.79 Å². The van der Waals surface area contributed by atoms with Crippen molar-refractivity contribution in [2.75, 3.05) is 12.4 Å². The molecule has 0 fully saturated rings. The lowest BCUT2D eigenvalue weighted by atomic mass is 10.2. The molecular weight excluding hydrogens is 238 g/mol. The van der Waals surface area contributed by atoms with Crippen LogP contribution in [0.15, 0.2) is 18.2 Å². The zero-order chi connectivity index (χ0) is 12.4.